The van der Waals surface area contributed by atoms with E-state index >= 15 is 0 Å². The maximum atomic E-state index is 9.10. The van der Waals surface area contributed by atoms with Crippen LogP contribution in [0.5, 0.6) is 0 Å². The van der Waals surface area contributed by atoms with E-state index in [1.54, 1.807) is 0 Å². The average Bonchev–Trinajstić information content (AvgIpc) is 0.722. The lowest BCUT2D eigenvalue weighted by atomic mass is 12.0. The van der Waals surface area contributed by atoms with Gasteiger partial charge in [0.15, 0.2) is 0 Å². The van der Waals surface area contributed by atoms with Gasteiger partial charge in [-0.3, -0.25) is 0 Å². The van der Waals surface area contributed by atoms with Crippen molar-refractivity contribution in [3.63, 3.8) is 0 Å². The predicted molar refractivity (Wildman–Crippen MR) is 23.0 cm³/mol. The molecular formula is CH8NO3P. The van der Waals surface area contributed by atoms with Gasteiger partial charge in [-0.2, -0.15) is 0 Å². The number of nitrogens with two attached hydrogens (primary N) is 1. The number of hydrogen-bond donors (Lipinski definition) is 3. The van der Waals surface area contributed by atoms with Crippen molar-refractivity contribution >= 4 is 7.75 Å². The van der Waals surface area contributed by atoms with E-state index in [9.17, 15) is 0 Å². The SMILES string of the molecule is C.NP(=O)(O)O. The summed E-state index contributed by atoms with van der Waals surface area (Å²) in [6.45, 7) is 0. The molecule has 0 saturated carbocycles. The highest BCUT2D eigenvalue weighted by Gasteiger charge is 1.96. The van der Waals surface area contributed by atoms with Crippen LogP contribution in [0.1, 0.15) is 7.43 Å². The van der Waals surface area contributed by atoms with Crippen molar-refractivity contribution in [2.45, 2.75) is 7.43 Å². The molecule has 0 aromatic heterocycles. The molecule has 0 unspecified atom stereocenters. The van der Waals surface area contributed by atoms with Crippen LogP contribution in [0.25, 0.3) is 0 Å². The summed E-state index contributed by atoms with van der Waals surface area (Å²) in [6.07, 6.45) is 0. The first-order valence-electron chi connectivity index (χ1n) is 0.841. The zero-order valence-electron chi connectivity index (χ0n) is 2.33. The summed E-state index contributed by atoms with van der Waals surface area (Å²) >= 11 is 0. The van der Waals surface area contributed by atoms with Crippen LogP contribution in [-0.2, 0) is 4.57 Å². The summed E-state index contributed by atoms with van der Waals surface area (Å²) in [4.78, 5) is 14.8. The quantitative estimate of drug-likeness (QED) is 0.376. The molecule has 0 aliphatic heterocycles. The van der Waals surface area contributed by atoms with Crippen molar-refractivity contribution in [1.82, 2.24) is 0 Å². The lowest BCUT2D eigenvalue weighted by molar-refractivity contribution is 0.374. The van der Waals surface area contributed by atoms with Crippen LogP contribution in [-0.4, -0.2) is 9.79 Å². The summed E-state index contributed by atoms with van der Waals surface area (Å²) in [5.41, 5.74) is 4.02. The van der Waals surface area contributed by atoms with Crippen molar-refractivity contribution in [1.29, 1.82) is 0 Å². The Balaban J connectivity index is 0. The van der Waals surface area contributed by atoms with Crippen molar-refractivity contribution in [2.75, 3.05) is 0 Å². The molecule has 0 aromatic carbocycles. The summed E-state index contributed by atoms with van der Waals surface area (Å²) in [5.74, 6) is 0. The molecule has 0 amide bonds. The van der Waals surface area contributed by atoms with Gasteiger partial charge in [-0.05, 0) is 0 Å². The van der Waals surface area contributed by atoms with E-state index in [0.717, 1.165) is 0 Å². The Bertz CT molecular complexity index is 56.9. The molecule has 0 aliphatic carbocycles. The van der Waals surface area contributed by atoms with E-state index in [1.165, 1.54) is 0 Å². The van der Waals surface area contributed by atoms with Gasteiger partial charge in [-0.1, -0.05) is 7.43 Å². The summed E-state index contributed by atoms with van der Waals surface area (Å²) in [5, 5.41) is 0. The first kappa shape index (κ1) is 9.44. The third-order valence-corrected chi connectivity index (χ3v) is 0. The Morgan fingerprint density at radius 2 is 1.50 bits per heavy atom. The molecule has 0 spiro atoms. The molecule has 4 N–H and O–H groups in total. The van der Waals surface area contributed by atoms with Crippen molar-refractivity contribution in [3.05, 3.63) is 0 Å². The molecule has 0 bridgehead atoms. The molecule has 0 radical (unpaired) electrons. The maximum absolute atomic E-state index is 9.10. The van der Waals surface area contributed by atoms with Crippen molar-refractivity contribution in [2.24, 2.45) is 5.50 Å². The Morgan fingerprint density at radius 3 is 1.50 bits per heavy atom. The fraction of sp³-hybridized carbons (Fsp3) is 1.00. The van der Waals surface area contributed by atoms with Gasteiger partial charge >= 0.3 is 7.75 Å². The van der Waals surface area contributed by atoms with Crippen molar-refractivity contribution in [3.8, 4) is 0 Å². The third-order valence-electron chi connectivity index (χ3n) is 0. The highest BCUT2D eigenvalue weighted by molar-refractivity contribution is 7.49. The third kappa shape index (κ3) is 3290. The van der Waals surface area contributed by atoms with E-state index < -0.39 is 7.75 Å². The van der Waals surface area contributed by atoms with Crippen LogP contribution in [0.4, 0.5) is 0 Å². The van der Waals surface area contributed by atoms with E-state index in [-0.39, 0.29) is 7.43 Å². The first-order chi connectivity index (χ1) is 2.00. The second-order valence-corrected chi connectivity index (χ2v) is 1.77. The Hall–Kier alpha value is 0.110. The van der Waals surface area contributed by atoms with E-state index in [1.807, 2.05) is 0 Å². The topological polar surface area (TPSA) is 83.6 Å². The van der Waals surface area contributed by atoms with Crippen LogP contribution >= 0.6 is 7.75 Å². The van der Waals surface area contributed by atoms with Crippen LogP contribution in [0.3, 0.4) is 0 Å². The van der Waals surface area contributed by atoms with Crippen LogP contribution in [0.15, 0.2) is 0 Å². The smallest absolute Gasteiger partial charge is 0.313 e. The molecule has 0 heterocycles. The lowest BCUT2D eigenvalue weighted by Gasteiger charge is -1.84. The van der Waals surface area contributed by atoms with Gasteiger partial charge in [0.2, 0.25) is 0 Å². The summed E-state index contributed by atoms with van der Waals surface area (Å²) < 4.78 is 9.10. The van der Waals surface area contributed by atoms with Gasteiger partial charge in [-0.25, -0.2) is 10.1 Å². The molecule has 4 nitrogen and oxygen atoms in total. The summed E-state index contributed by atoms with van der Waals surface area (Å²) in [6, 6.07) is 0. The van der Waals surface area contributed by atoms with E-state index in [0.29, 0.717) is 0 Å². The highest BCUT2D eigenvalue weighted by Crippen LogP contribution is 2.20. The van der Waals surface area contributed by atoms with Crippen molar-refractivity contribution < 1.29 is 14.4 Å². The zero-order chi connectivity index (χ0) is 4.50. The second kappa shape index (κ2) is 2.31. The molecule has 0 rings (SSSR count). The van der Waals surface area contributed by atoms with Gasteiger partial charge in [0.1, 0.15) is 0 Å². The highest BCUT2D eigenvalue weighted by atomic mass is 31.2. The predicted octanol–water partition coefficient (Wildman–Crippen LogP) is -0.326. The number of rotatable bonds is 0. The molecule has 0 aliphatic rings. The fourth-order valence-corrected chi connectivity index (χ4v) is 0. The van der Waals surface area contributed by atoms with Gasteiger partial charge in [0.05, 0.1) is 0 Å². The van der Waals surface area contributed by atoms with Crippen LogP contribution in [0, 0.1) is 0 Å². The molecule has 0 aromatic rings. The molecular weight excluding hydrogens is 105 g/mol. The van der Waals surface area contributed by atoms with Crippen LogP contribution < -0.4 is 5.50 Å². The fourth-order valence-electron chi connectivity index (χ4n) is 0. The van der Waals surface area contributed by atoms with Gasteiger partial charge < -0.3 is 9.79 Å². The number of hydrogen-bond acceptors (Lipinski definition) is 1. The average molecular weight is 113 g/mol. The molecule has 6 heavy (non-hydrogen) atoms. The minimum absolute atomic E-state index is 0. The standard InChI is InChI=1S/CH4.H4NO3P/c;1-5(2,3)4/h1H4;(H4,1,2,3,4). The van der Waals surface area contributed by atoms with Gasteiger partial charge in [0, 0.05) is 0 Å². The Labute approximate surface area is 36.2 Å². The zero-order valence-corrected chi connectivity index (χ0v) is 3.22. The van der Waals surface area contributed by atoms with E-state index in [2.05, 4.69) is 5.50 Å². The Kier molecular flexibility index (Phi) is 3.64. The monoisotopic (exact) mass is 113 g/mol. The molecule has 5 heteroatoms. The summed E-state index contributed by atoms with van der Waals surface area (Å²) in [7, 11) is -4.14. The van der Waals surface area contributed by atoms with Gasteiger partial charge in [-0.15, -0.1) is 0 Å². The molecule has 0 fully saturated rings. The minimum atomic E-state index is -4.14. The maximum Gasteiger partial charge on any atom is 0.397 e. The van der Waals surface area contributed by atoms with Crippen LogP contribution in [0.2, 0.25) is 0 Å². The molecule has 0 saturated heterocycles. The largest absolute Gasteiger partial charge is 0.397 e. The lowest BCUT2D eigenvalue weighted by Crippen LogP contribution is -1.87. The minimum Gasteiger partial charge on any atom is -0.313 e. The molecule has 40 valence electrons. The van der Waals surface area contributed by atoms with E-state index in [4.69, 9.17) is 14.4 Å². The molecule has 0 atom stereocenters. The Morgan fingerprint density at radius 1 is 1.50 bits per heavy atom. The second-order valence-electron chi connectivity index (χ2n) is 0.589. The normalized spacial score (nSPS) is 9.83. The first-order valence-corrected chi connectivity index (χ1v) is 2.52. The van der Waals surface area contributed by atoms with Gasteiger partial charge in [0.25, 0.3) is 0 Å².